The Morgan fingerprint density at radius 3 is 1.55 bits per heavy atom. The molecule has 0 fully saturated rings. The lowest BCUT2D eigenvalue weighted by Crippen LogP contribution is -2.59. The Bertz CT molecular complexity index is 584. The number of hydrogen-bond acceptors (Lipinski definition) is 2. The van der Waals surface area contributed by atoms with Gasteiger partial charge in [0.25, 0.3) is 0 Å². The smallest absolute Gasteiger partial charge is 0.138 e. The molecule has 4 heteroatoms. The summed E-state index contributed by atoms with van der Waals surface area (Å²) in [5.74, 6) is 1.77. The predicted octanol–water partition coefficient (Wildman–Crippen LogP) is 5.96. The van der Waals surface area contributed by atoms with Crippen molar-refractivity contribution < 1.29 is 4.74 Å². The van der Waals surface area contributed by atoms with Gasteiger partial charge in [-0.3, -0.25) is 0 Å². The van der Waals surface area contributed by atoms with Crippen LogP contribution in [0, 0.1) is 0 Å². The molecule has 2 aromatic carbocycles. The minimum absolute atomic E-state index is 0.877. The molecule has 0 amide bonds. The van der Waals surface area contributed by atoms with Crippen molar-refractivity contribution in [2.75, 3.05) is 4.23 Å². The van der Waals surface area contributed by atoms with Crippen LogP contribution in [-0.2, 0) is 0 Å². The summed E-state index contributed by atoms with van der Waals surface area (Å²) in [6.45, 7) is 14.5. The number of nitrogens with zero attached hydrogens (tertiary/aromatic N) is 1. The number of hydrogen-bond donors (Lipinski definition) is 0. The summed E-state index contributed by atoms with van der Waals surface area (Å²) in [4.78, 5) is 0. The summed E-state index contributed by atoms with van der Waals surface area (Å²) in [5, 5.41) is 0. The van der Waals surface area contributed by atoms with E-state index in [1.807, 2.05) is 30.3 Å². The monoisotopic (exact) mass is 329 g/mol. The average molecular weight is 330 g/mol. The molecule has 2 nitrogen and oxygen atoms in total. The molecule has 118 valence electrons. The van der Waals surface area contributed by atoms with Crippen molar-refractivity contribution in [2.24, 2.45) is 0 Å². The van der Waals surface area contributed by atoms with Gasteiger partial charge in [-0.2, -0.15) is 0 Å². The first-order valence-corrected chi connectivity index (χ1v) is 14.7. The van der Waals surface area contributed by atoms with E-state index in [2.05, 4.69) is 67.8 Å². The van der Waals surface area contributed by atoms with Crippen LogP contribution < -0.4 is 8.97 Å². The second-order valence-electron chi connectivity index (χ2n) is 7.59. The molecule has 0 aromatic heterocycles. The minimum atomic E-state index is -1.40. The molecular formula is C18H27NOSi2. The Morgan fingerprint density at radius 2 is 1.09 bits per heavy atom. The molecule has 0 heterocycles. The zero-order valence-electron chi connectivity index (χ0n) is 14.6. The minimum Gasteiger partial charge on any atom is -0.457 e. The quantitative estimate of drug-likeness (QED) is 0.628. The van der Waals surface area contributed by atoms with Gasteiger partial charge in [-0.1, -0.05) is 57.5 Å². The Morgan fingerprint density at radius 1 is 0.636 bits per heavy atom. The number of para-hydroxylation sites is 1. The third kappa shape index (κ3) is 4.24. The maximum Gasteiger partial charge on any atom is 0.138 e. The van der Waals surface area contributed by atoms with E-state index >= 15 is 0 Å². The lowest BCUT2D eigenvalue weighted by Gasteiger charge is -2.46. The van der Waals surface area contributed by atoms with Crippen molar-refractivity contribution in [2.45, 2.75) is 39.3 Å². The number of rotatable bonds is 5. The van der Waals surface area contributed by atoms with Gasteiger partial charge in [-0.05, 0) is 36.4 Å². The average Bonchev–Trinajstić information content (AvgIpc) is 2.39. The zero-order valence-corrected chi connectivity index (χ0v) is 16.6. The van der Waals surface area contributed by atoms with Crippen molar-refractivity contribution in [3.63, 3.8) is 0 Å². The fourth-order valence-corrected chi connectivity index (χ4v) is 13.0. The Hall–Kier alpha value is -1.53. The number of anilines is 1. The molecule has 0 atom stereocenters. The summed E-state index contributed by atoms with van der Waals surface area (Å²) in [6.07, 6.45) is 0. The summed E-state index contributed by atoms with van der Waals surface area (Å²) >= 11 is 0. The number of ether oxygens (including phenoxy) is 1. The third-order valence-electron chi connectivity index (χ3n) is 3.42. The van der Waals surface area contributed by atoms with Crippen LogP contribution >= 0.6 is 0 Å². The van der Waals surface area contributed by atoms with E-state index in [4.69, 9.17) is 4.74 Å². The Labute approximate surface area is 136 Å². The van der Waals surface area contributed by atoms with Crippen LogP contribution in [0.15, 0.2) is 54.6 Å². The largest absolute Gasteiger partial charge is 0.457 e. The molecule has 0 bridgehead atoms. The van der Waals surface area contributed by atoms with Crippen LogP contribution in [0.2, 0.25) is 39.3 Å². The van der Waals surface area contributed by atoms with Crippen molar-refractivity contribution in [3.05, 3.63) is 54.6 Å². The van der Waals surface area contributed by atoms with Crippen LogP contribution in [0.1, 0.15) is 0 Å². The highest BCUT2D eigenvalue weighted by Gasteiger charge is 2.34. The summed E-state index contributed by atoms with van der Waals surface area (Å²) < 4.78 is 8.60. The van der Waals surface area contributed by atoms with Gasteiger partial charge in [-0.15, -0.1) is 0 Å². The maximum atomic E-state index is 5.89. The number of benzene rings is 2. The summed E-state index contributed by atoms with van der Waals surface area (Å²) in [6, 6.07) is 18.5. The molecule has 2 rings (SSSR count). The van der Waals surface area contributed by atoms with Crippen molar-refractivity contribution in [1.29, 1.82) is 0 Å². The third-order valence-corrected chi connectivity index (χ3v) is 10.6. The molecule has 0 aliphatic carbocycles. The second kappa shape index (κ2) is 6.30. The fraction of sp³-hybridized carbons (Fsp3) is 0.333. The van der Waals surface area contributed by atoms with Crippen molar-refractivity contribution in [3.8, 4) is 11.5 Å². The molecule has 0 saturated carbocycles. The van der Waals surface area contributed by atoms with Gasteiger partial charge in [-0.25, -0.2) is 0 Å². The zero-order chi connectivity index (χ0) is 16.4. The fourth-order valence-electron chi connectivity index (χ4n) is 3.07. The first-order valence-electron chi connectivity index (χ1n) is 7.81. The molecule has 0 unspecified atom stereocenters. The van der Waals surface area contributed by atoms with E-state index < -0.39 is 16.5 Å². The van der Waals surface area contributed by atoms with Crippen LogP contribution in [0.5, 0.6) is 11.5 Å². The molecular weight excluding hydrogens is 302 g/mol. The highest BCUT2D eigenvalue weighted by Crippen LogP contribution is 2.30. The standard InChI is InChI=1S/C18H27NOSi2/c1-21(2,3)19(22(4,5)6)16-12-14-18(15-13-16)20-17-10-8-7-9-11-17/h7-15H,1-6H3. The SMILES string of the molecule is C[Si](C)(C)N(c1ccc(Oc2ccccc2)cc1)[Si](C)(C)C. The summed E-state index contributed by atoms with van der Waals surface area (Å²) in [5.41, 5.74) is 1.33. The molecule has 0 aliphatic heterocycles. The van der Waals surface area contributed by atoms with E-state index in [0.29, 0.717) is 0 Å². The van der Waals surface area contributed by atoms with Crippen molar-refractivity contribution in [1.82, 2.24) is 0 Å². The van der Waals surface area contributed by atoms with E-state index in [-0.39, 0.29) is 0 Å². The highest BCUT2D eigenvalue weighted by atomic mass is 28.4. The van der Waals surface area contributed by atoms with Gasteiger partial charge in [0.2, 0.25) is 0 Å². The molecule has 0 radical (unpaired) electrons. The van der Waals surface area contributed by atoms with E-state index in [9.17, 15) is 0 Å². The molecule has 2 aromatic rings. The normalized spacial score (nSPS) is 12.1. The highest BCUT2D eigenvalue weighted by molar-refractivity contribution is 6.99. The van der Waals surface area contributed by atoms with Gasteiger partial charge < -0.3 is 8.97 Å². The van der Waals surface area contributed by atoms with Crippen molar-refractivity contribution >= 4 is 22.2 Å². The molecule has 0 aliphatic rings. The van der Waals surface area contributed by atoms with Crippen LogP contribution in [0.25, 0.3) is 0 Å². The second-order valence-corrected chi connectivity index (χ2v) is 17.6. The van der Waals surface area contributed by atoms with Crippen LogP contribution in [0.3, 0.4) is 0 Å². The predicted molar refractivity (Wildman–Crippen MR) is 102 cm³/mol. The molecule has 0 spiro atoms. The van der Waals surface area contributed by atoms with E-state index in [0.717, 1.165) is 11.5 Å². The van der Waals surface area contributed by atoms with Gasteiger partial charge in [0.15, 0.2) is 0 Å². The first-order chi connectivity index (χ1) is 10.2. The lowest BCUT2D eigenvalue weighted by molar-refractivity contribution is 0.483. The molecule has 22 heavy (non-hydrogen) atoms. The van der Waals surface area contributed by atoms with E-state index in [1.54, 1.807) is 0 Å². The maximum absolute atomic E-state index is 5.89. The first kappa shape index (κ1) is 16.8. The Balaban J connectivity index is 2.24. The van der Waals surface area contributed by atoms with Crippen LogP contribution in [0.4, 0.5) is 5.69 Å². The Kier molecular flexibility index (Phi) is 4.82. The van der Waals surface area contributed by atoms with Gasteiger partial charge >= 0.3 is 0 Å². The van der Waals surface area contributed by atoms with E-state index in [1.165, 1.54) is 5.69 Å². The van der Waals surface area contributed by atoms with Crippen LogP contribution in [-0.4, -0.2) is 16.5 Å². The summed E-state index contributed by atoms with van der Waals surface area (Å²) in [7, 11) is -2.80. The molecule has 0 N–H and O–H groups in total. The topological polar surface area (TPSA) is 12.5 Å². The lowest BCUT2D eigenvalue weighted by atomic mass is 10.3. The van der Waals surface area contributed by atoms with Gasteiger partial charge in [0.1, 0.15) is 28.0 Å². The molecule has 0 saturated heterocycles. The van der Waals surface area contributed by atoms with Gasteiger partial charge in [0.05, 0.1) is 0 Å². The van der Waals surface area contributed by atoms with Gasteiger partial charge in [0, 0.05) is 5.69 Å².